The summed E-state index contributed by atoms with van der Waals surface area (Å²) < 4.78 is 1.56. The highest BCUT2D eigenvalue weighted by Gasteiger charge is 2.11. The summed E-state index contributed by atoms with van der Waals surface area (Å²) in [5.74, 6) is 0.115. The van der Waals surface area contributed by atoms with E-state index in [0.29, 0.717) is 17.6 Å². The smallest absolute Gasteiger partial charge is 0.326 e. The van der Waals surface area contributed by atoms with Crippen LogP contribution in [0.15, 0.2) is 47.3 Å². The van der Waals surface area contributed by atoms with Crippen molar-refractivity contribution in [3.8, 4) is 5.75 Å². The van der Waals surface area contributed by atoms with Crippen LogP contribution < -0.4 is 5.69 Å². The number of aryl methyl sites for hydroxylation is 1. The van der Waals surface area contributed by atoms with E-state index in [2.05, 4.69) is 4.98 Å². The van der Waals surface area contributed by atoms with Crippen LogP contribution in [0.4, 0.5) is 0 Å². The molecule has 1 aromatic heterocycles. The molecule has 4 nitrogen and oxygen atoms in total. The van der Waals surface area contributed by atoms with Gasteiger partial charge < -0.3 is 10.1 Å². The minimum Gasteiger partial charge on any atom is -0.506 e. The zero-order valence-electron chi connectivity index (χ0n) is 10.6. The molecule has 0 radical (unpaired) electrons. The largest absolute Gasteiger partial charge is 0.506 e. The Hall–Kier alpha value is -2.49. The molecular formula is C15H14N2O2. The lowest BCUT2D eigenvalue weighted by Gasteiger charge is -2.07. The number of phenols is 1. The predicted molar refractivity (Wildman–Crippen MR) is 74.5 cm³/mol. The number of nitrogens with one attached hydrogen (secondary N) is 1. The van der Waals surface area contributed by atoms with E-state index in [1.807, 2.05) is 31.2 Å². The van der Waals surface area contributed by atoms with Crippen LogP contribution in [0.2, 0.25) is 0 Å². The maximum absolute atomic E-state index is 12.0. The van der Waals surface area contributed by atoms with Gasteiger partial charge in [0.1, 0.15) is 11.3 Å². The summed E-state index contributed by atoms with van der Waals surface area (Å²) in [5.41, 5.74) is 3.18. The predicted octanol–water partition coefficient (Wildman–Crippen LogP) is 2.39. The number of rotatable bonds is 2. The van der Waals surface area contributed by atoms with Crippen molar-refractivity contribution >= 4 is 11.0 Å². The number of benzene rings is 2. The highest BCUT2D eigenvalue weighted by Crippen LogP contribution is 2.22. The number of H-pyrrole nitrogens is 1. The molecule has 0 aliphatic heterocycles. The first-order chi connectivity index (χ1) is 9.16. The van der Waals surface area contributed by atoms with Gasteiger partial charge in [-0.05, 0) is 30.2 Å². The zero-order valence-corrected chi connectivity index (χ0v) is 10.6. The van der Waals surface area contributed by atoms with E-state index >= 15 is 0 Å². The molecule has 0 atom stereocenters. The lowest BCUT2D eigenvalue weighted by molar-refractivity contribution is 0.478. The van der Waals surface area contributed by atoms with Crippen LogP contribution >= 0.6 is 0 Å². The summed E-state index contributed by atoms with van der Waals surface area (Å²) in [7, 11) is 0. The molecule has 2 aromatic carbocycles. The number of aromatic amines is 1. The van der Waals surface area contributed by atoms with Gasteiger partial charge in [-0.2, -0.15) is 0 Å². The first-order valence-corrected chi connectivity index (χ1v) is 6.12. The Kier molecular flexibility index (Phi) is 2.63. The Morgan fingerprint density at radius 1 is 1.16 bits per heavy atom. The molecule has 0 saturated heterocycles. The minimum atomic E-state index is -0.209. The van der Waals surface area contributed by atoms with Gasteiger partial charge in [0, 0.05) is 0 Å². The normalized spacial score (nSPS) is 11.0. The van der Waals surface area contributed by atoms with Gasteiger partial charge in [0.05, 0.1) is 12.1 Å². The van der Waals surface area contributed by atoms with Crippen molar-refractivity contribution < 1.29 is 5.11 Å². The summed E-state index contributed by atoms with van der Waals surface area (Å²) in [6.45, 7) is 2.46. The molecule has 0 fully saturated rings. The van der Waals surface area contributed by atoms with E-state index < -0.39 is 0 Å². The summed E-state index contributed by atoms with van der Waals surface area (Å²) in [5, 5.41) is 9.93. The highest BCUT2D eigenvalue weighted by molar-refractivity contribution is 5.81. The Labute approximate surface area is 109 Å². The van der Waals surface area contributed by atoms with E-state index in [1.54, 1.807) is 22.8 Å². The molecule has 0 unspecified atom stereocenters. The number of fused-ring (bicyclic) bond motifs is 1. The van der Waals surface area contributed by atoms with E-state index in [1.165, 1.54) is 0 Å². The number of aromatic hydroxyl groups is 1. The topological polar surface area (TPSA) is 58.0 Å². The fraction of sp³-hybridized carbons (Fsp3) is 0.133. The molecule has 0 aliphatic carbocycles. The second-order valence-electron chi connectivity index (χ2n) is 4.62. The molecule has 4 heteroatoms. The van der Waals surface area contributed by atoms with Crippen molar-refractivity contribution in [1.82, 2.24) is 9.55 Å². The number of imidazole rings is 1. The van der Waals surface area contributed by atoms with E-state index in [4.69, 9.17) is 0 Å². The summed E-state index contributed by atoms with van der Waals surface area (Å²) in [6, 6.07) is 13.0. The van der Waals surface area contributed by atoms with Crippen LogP contribution in [-0.2, 0) is 6.54 Å². The van der Waals surface area contributed by atoms with Crippen molar-refractivity contribution in [2.75, 3.05) is 0 Å². The lowest BCUT2D eigenvalue weighted by Crippen LogP contribution is -2.17. The Morgan fingerprint density at radius 3 is 2.74 bits per heavy atom. The van der Waals surface area contributed by atoms with Gasteiger partial charge in [-0.1, -0.05) is 30.3 Å². The van der Waals surface area contributed by atoms with Crippen molar-refractivity contribution in [2.24, 2.45) is 0 Å². The molecule has 0 aliphatic rings. The molecule has 0 spiro atoms. The molecule has 2 N–H and O–H groups in total. The maximum Gasteiger partial charge on any atom is 0.326 e. The van der Waals surface area contributed by atoms with Crippen molar-refractivity contribution in [3.63, 3.8) is 0 Å². The fourth-order valence-corrected chi connectivity index (χ4v) is 2.31. The highest BCUT2D eigenvalue weighted by atomic mass is 16.3. The second-order valence-corrected chi connectivity index (χ2v) is 4.62. The van der Waals surface area contributed by atoms with Gasteiger partial charge in [0.15, 0.2) is 0 Å². The van der Waals surface area contributed by atoms with Crippen LogP contribution in [0, 0.1) is 6.92 Å². The molecule has 1 heterocycles. The molecule has 3 aromatic rings. The monoisotopic (exact) mass is 254 g/mol. The molecule has 3 rings (SSSR count). The number of aromatic nitrogens is 2. The van der Waals surface area contributed by atoms with Crippen LogP contribution in [0.5, 0.6) is 5.75 Å². The van der Waals surface area contributed by atoms with Gasteiger partial charge >= 0.3 is 5.69 Å². The zero-order chi connectivity index (χ0) is 13.4. The van der Waals surface area contributed by atoms with E-state index in [0.717, 1.165) is 11.1 Å². The standard InChI is InChI=1S/C15H14N2O2/c1-10-5-2-3-6-11(10)9-17-14-12(16-15(17)19)7-4-8-13(14)18/h2-8,18H,9H2,1H3,(H,16,19). The maximum atomic E-state index is 12.0. The second kappa shape index (κ2) is 4.31. The lowest BCUT2D eigenvalue weighted by atomic mass is 10.1. The quantitative estimate of drug-likeness (QED) is 0.737. The first-order valence-electron chi connectivity index (χ1n) is 6.12. The molecule has 0 saturated carbocycles. The molecular weight excluding hydrogens is 240 g/mol. The van der Waals surface area contributed by atoms with Gasteiger partial charge in [-0.15, -0.1) is 0 Å². The van der Waals surface area contributed by atoms with Gasteiger partial charge in [0.2, 0.25) is 0 Å². The van der Waals surface area contributed by atoms with Gasteiger partial charge in [0.25, 0.3) is 0 Å². The SMILES string of the molecule is Cc1ccccc1Cn1c(=O)[nH]c2cccc(O)c21. The van der Waals surface area contributed by atoms with Gasteiger partial charge in [-0.3, -0.25) is 4.57 Å². The molecule has 96 valence electrons. The minimum absolute atomic E-state index is 0.115. The Balaban J connectivity index is 2.19. The average Bonchev–Trinajstić information content (AvgIpc) is 2.70. The number of hydrogen-bond acceptors (Lipinski definition) is 2. The Morgan fingerprint density at radius 2 is 1.95 bits per heavy atom. The molecule has 0 amide bonds. The van der Waals surface area contributed by atoms with Crippen molar-refractivity contribution in [3.05, 3.63) is 64.1 Å². The first kappa shape index (κ1) is 11.6. The van der Waals surface area contributed by atoms with Crippen LogP contribution in [-0.4, -0.2) is 14.7 Å². The fourth-order valence-electron chi connectivity index (χ4n) is 2.31. The molecule has 19 heavy (non-hydrogen) atoms. The van der Waals surface area contributed by atoms with Gasteiger partial charge in [-0.25, -0.2) is 4.79 Å². The van der Waals surface area contributed by atoms with Crippen molar-refractivity contribution in [2.45, 2.75) is 13.5 Å². The van der Waals surface area contributed by atoms with Crippen molar-refractivity contribution in [1.29, 1.82) is 0 Å². The summed E-state index contributed by atoms with van der Waals surface area (Å²) in [4.78, 5) is 14.8. The van der Waals surface area contributed by atoms with E-state index in [-0.39, 0.29) is 11.4 Å². The van der Waals surface area contributed by atoms with Crippen LogP contribution in [0.3, 0.4) is 0 Å². The number of para-hydroxylation sites is 1. The number of hydrogen-bond donors (Lipinski definition) is 2. The van der Waals surface area contributed by atoms with Crippen LogP contribution in [0.1, 0.15) is 11.1 Å². The third-order valence-electron chi connectivity index (χ3n) is 3.36. The summed E-state index contributed by atoms with van der Waals surface area (Å²) in [6.07, 6.45) is 0. The Bertz CT molecular complexity index is 799. The third kappa shape index (κ3) is 1.91. The third-order valence-corrected chi connectivity index (χ3v) is 3.36. The average molecular weight is 254 g/mol. The van der Waals surface area contributed by atoms with Crippen LogP contribution in [0.25, 0.3) is 11.0 Å². The number of phenolic OH excluding ortho intramolecular Hbond substituents is 1. The summed E-state index contributed by atoms with van der Waals surface area (Å²) >= 11 is 0. The van der Waals surface area contributed by atoms with E-state index in [9.17, 15) is 9.90 Å². The number of nitrogens with zero attached hydrogens (tertiary/aromatic N) is 1. The molecule has 0 bridgehead atoms.